The second-order valence-corrected chi connectivity index (χ2v) is 6.10. The van der Waals surface area contributed by atoms with Crippen LogP contribution in [0.4, 0.5) is 5.69 Å². The number of allylic oxidation sites excluding steroid dienone is 1. The molecule has 0 radical (unpaired) electrons. The van der Waals surface area contributed by atoms with Crippen LogP contribution >= 0.6 is 0 Å². The Morgan fingerprint density at radius 3 is 2.68 bits per heavy atom. The zero-order chi connectivity index (χ0) is 18.2. The third-order valence-corrected chi connectivity index (χ3v) is 3.80. The minimum absolute atomic E-state index is 0.0803. The number of ether oxygens (including phenoxy) is 2. The third-order valence-electron chi connectivity index (χ3n) is 3.80. The molecule has 4 nitrogen and oxygen atoms in total. The van der Waals surface area contributed by atoms with E-state index in [1.807, 2.05) is 48.5 Å². The van der Waals surface area contributed by atoms with Crippen molar-refractivity contribution in [2.75, 3.05) is 19.0 Å². The van der Waals surface area contributed by atoms with Crippen LogP contribution in [0.15, 0.2) is 55.1 Å². The fraction of sp³-hybridized carbons (Fsp3) is 0.286. The molecule has 0 fully saturated rings. The first-order valence-electron chi connectivity index (χ1n) is 8.34. The Morgan fingerprint density at radius 1 is 1.20 bits per heavy atom. The summed E-state index contributed by atoms with van der Waals surface area (Å²) in [6, 6.07) is 13.5. The van der Waals surface area contributed by atoms with Gasteiger partial charge >= 0.3 is 0 Å². The normalized spacial score (nSPS) is 10.4. The second-order valence-electron chi connectivity index (χ2n) is 6.10. The van der Waals surface area contributed by atoms with Gasteiger partial charge in [0.1, 0.15) is 0 Å². The lowest BCUT2D eigenvalue weighted by atomic mass is 10.0. The molecular formula is C21H25NO3. The van der Waals surface area contributed by atoms with Crippen molar-refractivity contribution in [3.05, 3.63) is 66.2 Å². The maximum atomic E-state index is 12.1. The van der Waals surface area contributed by atoms with Crippen molar-refractivity contribution in [2.24, 2.45) is 0 Å². The molecule has 4 heteroatoms. The molecule has 0 aliphatic rings. The van der Waals surface area contributed by atoms with Gasteiger partial charge in [0.2, 0.25) is 0 Å². The molecule has 2 aromatic rings. The summed E-state index contributed by atoms with van der Waals surface area (Å²) in [6.07, 6.45) is 2.58. The van der Waals surface area contributed by atoms with Gasteiger partial charge in [0.15, 0.2) is 18.1 Å². The molecule has 0 heterocycles. The number of nitrogens with one attached hydrogen (secondary N) is 1. The molecule has 132 valence electrons. The van der Waals surface area contributed by atoms with Crippen LogP contribution in [-0.2, 0) is 11.2 Å². The van der Waals surface area contributed by atoms with Gasteiger partial charge in [0.25, 0.3) is 5.91 Å². The number of carbonyl (C=O) groups excluding carboxylic acids is 1. The summed E-state index contributed by atoms with van der Waals surface area (Å²) in [6.45, 7) is 7.88. The lowest BCUT2D eigenvalue weighted by Crippen LogP contribution is -2.20. The van der Waals surface area contributed by atoms with E-state index in [1.165, 1.54) is 5.56 Å². The number of amides is 1. The molecule has 1 N–H and O–H groups in total. The first-order valence-corrected chi connectivity index (χ1v) is 8.34. The van der Waals surface area contributed by atoms with Gasteiger partial charge in [-0.1, -0.05) is 38.1 Å². The molecule has 0 spiro atoms. The van der Waals surface area contributed by atoms with Crippen molar-refractivity contribution in [1.29, 1.82) is 0 Å². The highest BCUT2D eigenvalue weighted by Gasteiger charge is 2.09. The average molecular weight is 339 g/mol. The molecule has 2 aromatic carbocycles. The quantitative estimate of drug-likeness (QED) is 0.717. The molecule has 2 rings (SSSR count). The summed E-state index contributed by atoms with van der Waals surface area (Å²) in [4.78, 5) is 12.1. The number of hydrogen-bond donors (Lipinski definition) is 1. The molecule has 0 saturated heterocycles. The Labute approximate surface area is 149 Å². The fourth-order valence-electron chi connectivity index (χ4n) is 2.44. The number of benzene rings is 2. The highest BCUT2D eigenvalue weighted by Crippen LogP contribution is 2.28. The van der Waals surface area contributed by atoms with Crippen LogP contribution in [0.1, 0.15) is 30.9 Å². The minimum Gasteiger partial charge on any atom is -0.493 e. The molecule has 0 atom stereocenters. The molecule has 0 unspecified atom stereocenters. The van der Waals surface area contributed by atoms with E-state index in [-0.39, 0.29) is 12.5 Å². The van der Waals surface area contributed by atoms with Crippen LogP contribution in [-0.4, -0.2) is 19.6 Å². The number of anilines is 1. The standard InChI is InChI=1S/C21H25NO3/c1-5-7-16-10-11-19(20(12-16)24-4)25-14-21(23)22-18-9-6-8-17(13-18)15(2)3/h5-6,8-13,15H,1,7,14H2,2-4H3,(H,22,23). The average Bonchev–Trinajstić information content (AvgIpc) is 2.61. The van der Waals surface area contributed by atoms with Gasteiger partial charge in [0.05, 0.1) is 7.11 Å². The number of hydrogen-bond acceptors (Lipinski definition) is 3. The Hall–Kier alpha value is -2.75. The molecule has 25 heavy (non-hydrogen) atoms. The third kappa shape index (κ3) is 5.38. The van der Waals surface area contributed by atoms with Crippen molar-refractivity contribution < 1.29 is 14.3 Å². The van der Waals surface area contributed by atoms with Crippen molar-refractivity contribution in [3.8, 4) is 11.5 Å². The Morgan fingerprint density at radius 2 is 2.00 bits per heavy atom. The van der Waals surface area contributed by atoms with Crippen molar-refractivity contribution >= 4 is 11.6 Å². The van der Waals surface area contributed by atoms with Crippen LogP contribution in [0.5, 0.6) is 11.5 Å². The molecule has 0 bridgehead atoms. The zero-order valence-electron chi connectivity index (χ0n) is 15.0. The van der Waals surface area contributed by atoms with Gasteiger partial charge in [-0.3, -0.25) is 4.79 Å². The second kappa shape index (κ2) is 8.92. The number of methoxy groups -OCH3 is 1. The van der Waals surface area contributed by atoms with Crippen LogP contribution in [0.25, 0.3) is 0 Å². The predicted molar refractivity (Wildman–Crippen MR) is 102 cm³/mol. The summed E-state index contributed by atoms with van der Waals surface area (Å²) in [5.74, 6) is 1.35. The summed E-state index contributed by atoms with van der Waals surface area (Å²) in [7, 11) is 1.58. The lowest BCUT2D eigenvalue weighted by Gasteiger charge is -2.13. The maximum Gasteiger partial charge on any atom is 0.262 e. The molecule has 0 aliphatic carbocycles. The zero-order valence-corrected chi connectivity index (χ0v) is 15.0. The minimum atomic E-state index is -0.210. The highest BCUT2D eigenvalue weighted by atomic mass is 16.5. The molecule has 0 aromatic heterocycles. The van der Waals surface area contributed by atoms with E-state index in [4.69, 9.17) is 9.47 Å². The van der Waals surface area contributed by atoms with E-state index >= 15 is 0 Å². The Balaban J connectivity index is 1.98. The van der Waals surface area contributed by atoms with E-state index in [0.29, 0.717) is 17.4 Å². The lowest BCUT2D eigenvalue weighted by molar-refractivity contribution is -0.118. The van der Waals surface area contributed by atoms with Gasteiger partial charge in [0, 0.05) is 5.69 Å². The number of carbonyl (C=O) groups is 1. The summed E-state index contributed by atoms with van der Waals surface area (Å²) < 4.78 is 10.9. The molecule has 0 aliphatic heterocycles. The topological polar surface area (TPSA) is 47.6 Å². The number of rotatable bonds is 8. The summed E-state index contributed by atoms with van der Waals surface area (Å²) in [5, 5.41) is 2.86. The Bertz CT molecular complexity index is 738. The Kier molecular flexibility index (Phi) is 6.63. The maximum absolute atomic E-state index is 12.1. The van der Waals surface area contributed by atoms with Crippen LogP contribution in [0.2, 0.25) is 0 Å². The van der Waals surface area contributed by atoms with Gasteiger partial charge in [-0.05, 0) is 47.7 Å². The SMILES string of the molecule is C=CCc1ccc(OCC(=O)Nc2cccc(C(C)C)c2)c(OC)c1. The van der Waals surface area contributed by atoms with Gasteiger partial charge in [-0.2, -0.15) is 0 Å². The molecule has 0 saturated carbocycles. The van der Waals surface area contributed by atoms with Crippen LogP contribution < -0.4 is 14.8 Å². The first-order chi connectivity index (χ1) is 12.0. The molecule has 1 amide bonds. The summed E-state index contributed by atoms with van der Waals surface area (Å²) >= 11 is 0. The monoisotopic (exact) mass is 339 g/mol. The van der Waals surface area contributed by atoms with Crippen LogP contribution in [0, 0.1) is 0 Å². The van der Waals surface area contributed by atoms with E-state index in [1.54, 1.807) is 7.11 Å². The van der Waals surface area contributed by atoms with E-state index in [0.717, 1.165) is 17.7 Å². The van der Waals surface area contributed by atoms with Crippen molar-refractivity contribution in [1.82, 2.24) is 0 Å². The summed E-state index contributed by atoms with van der Waals surface area (Å²) in [5.41, 5.74) is 3.03. The van der Waals surface area contributed by atoms with Crippen LogP contribution in [0.3, 0.4) is 0 Å². The van der Waals surface area contributed by atoms with Crippen molar-refractivity contribution in [2.45, 2.75) is 26.2 Å². The van der Waals surface area contributed by atoms with Gasteiger partial charge in [-0.15, -0.1) is 6.58 Å². The smallest absolute Gasteiger partial charge is 0.262 e. The highest BCUT2D eigenvalue weighted by molar-refractivity contribution is 5.92. The molecular weight excluding hydrogens is 314 g/mol. The largest absolute Gasteiger partial charge is 0.493 e. The van der Waals surface area contributed by atoms with Crippen molar-refractivity contribution in [3.63, 3.8) is 0 Å². The predicted octanol–water partition coefficient (Wildman–Crippen LogP) is 4.56. The first kappa shape index (κ1) is 18.6. The van der Waals surface area contributed by atoms with E-state index < -0.39 is 0 Å². The van der Waals surface area contributed by atoms with Gasteiger partial charge < -0.3 is 14.8 Å². The van der Waals surface area contributed by atoms with E-state index in [9.17, 15) is 4.79 Å². The fourth-order valence-corrected chi connectivity index (χ4v) is 2.44. The van der Waals surface area contributed by atoms with E-state index in [2.05, 4.69) is 25.7 Å². The van der Waals surface area contributed by atoms with Gasteiger partial charge in [-0.25, -0.2) is 0 Å².